The molecule has 2 unspecified atom stereocenters. The zero-order chi connectivity index (χ0) is 27.3. The number of amides is 1. The maximum Gasteiger partial charge on any atom is 0.258 e. The Bertz CT molecular complexity index is 1670. The van der Waals surface area contributed by atoms with Crippen LogP contribution in [0.1, 0.15) is 35.3 Å². The topological polar surface area (TPSA) is 73.2 Å². The number of aromatic hydroxyl groups is 1. The van der Waals surface area contributed by atoms with Crippen molar-refractivity contribution in [2.45, 2.75) is 25.4 Å². The summed E-state index contributed by atoms with van der Waals surface area (Å²) in [7, 11) is 4.74. The predicted octanol–water partition coefficient (Wildman–Crippen LogP) is 6.55. The van der Waals surface area contributed by atoms with Gasteiger partial charge in [0.2, 0.25) is 0 Å². The van der Waals surface area contributed by atoms with Crippen LogP contribution in [0.4, 0.5) is 5.69 Å². The Morgan fingerprint density at radius 3 is 1.95 bits per heavy atom. The highest BCUT2D eigenvalue weighted by Crippen LogP contribution is 2.51. The molecule has 0 spiro atoms. The van der Waals surface area contributed by atoms with Crippen LogP contribution in [0.25, 0.3) is 21.8 Å². The largest absolute Gasteiger partial charge is 0.504 e. The molecule has 198 valence electrons. The number of nitrogens with zero attached hydrogens (tertiary/aromatic N) is 2. The van der Waals surface area contributed by atoms with E-state index in [4.69, 9.17) is 14.2 Å². The second-order valence-electron chi connectivity index (χ2n) is 9.80. The third kappa shape index (κ3) is 3.76. The van der Waals surface area contributed by atoms with Gasteiger partial charge < -0.3 is 28.8 Å². The molecule has 0 bridgehead atoms. The lowest BCUT2D eigenvalue weighted by molar-refractivity contribution is 0.0971. The molecule has 5 aromatic rings. The Morgan fingerprint density at radius 2 is 1.36 bits per heavy atom. The molecule has 6 rings (SSSR count). The van der Waals surface area contributed by atoms with Crippen molar-refractivity contribution < 1.29 is 24.1 Å². The molecule has 4 aromatic carbocycles. The molecular formula is C32H30N2O5. The minimum Gasteiger partial charge on any atom is -0.504 e. The van der Waals surface area contributed by atoms with Crippen LogP contribution >= 0.6 is 0 Å². The molecule has 0 aliphatic carbocycles. The molecule has 2 heterocycles. The highest BCUT2D eigenvalue weighted by Gasteiger charge is 2.40. The molecule has 7 heteroatoms. The second kappa shape index (κ2) is 9.58. The van der Waals surface area contributed by atoms with E-state index in [1.165, 1.54) is 23.9 Å². The fraction of sp³-hybridized carbons (Fsp3) is 0.219. The van der Waals surface area contributed by atoms with E-state index in [-0.39, 0.29) is 23.7 Å². The molecule has 1 aromatic heterocycles. The molecular weight excluding hydrogens is 492 g/mol. The SMILES string of the molecule is COc1ccc(C(=O)N2c3c(OC)ccc(OC)c3C(n3c4ccccc4c4ccccc43)CC2C)cc1O. The fourth-order valence-electron chi connectivity index (χ4n) is 6.04. The first-order chi connectivity index (χ1) is 19.0. The van der Waals surface area contributed by atoms with Gasteiger partial charge in [0, 0.05) is 39.0 Å². The van der Waals surface area contributed by atoms with E-state index >= 15 is 0 Å². The van der Waals surface area contributed by atoms with Gasteiger partial charge in [-0.05, 0) is 55.8 Å². The van der Waals surface area contributed by atoms with Gasteiger partial charge in [0.1, 0.15) is 11.5 Å². The number of hydrogen-bond acceptors (Lipinski definition) is 5. The highest BCUT2D eigenvalue weighted by molar-refractivity contribution is 6.10. The quantitative estimate of drug-likeness (QED) is 0.283. The second-order valence-corrected chi connectivity index (χ2v) is 9.80. The molecule has 1 aliphatic rings. The summed E-state index contributed by atoms with van der Waals surface area (Å²) >= 11 is 0. The first kappa shape index (κ1) is 24.7. The number of carbonyl (C=O) groups excluding carboxylic acids is 1. The lowest BCUT2D eigenvalue weighted by Gasteiger charge is -2.41. The van der Waals surface area contributed by atoms with E-state index in [0.29, 0.717) is 34.9 Å². The van der Waals surface area contributed by atoms with Crippen LogP contribution in [0, 0.1) is 0 Å². The molecule has 1 amide bonds. The maximum absolute atomic E-state index is 14.1. The first-order valence-corrected chi connectivity index (χ1v) is 12.9. The minimum atomic E-state index is -0.242. The van der Waals surface area contributed by atoms with Gasteiger partial charge in [0.05, 0.1) is 33.1 Å². The summed E-state index contributed by atoms with van der Waals surface area (Å²) in [5, 5.41) is 12.8. The van der Waals surface area contributed by atoms with Crippen molar-refractivity contribution in [3.05, 3.63) is 90.0 Å². The van der Waals surface area contributed by atoms with Crippen molar-refractivity contribution in [1.82, 2.24) is 4.57 Å². The number of methoxy groups -OCH3 is 3. The van der Waals surface area contributed by atoms with Gasteiger partial charge >= 0.3 is 0 Å². The summed E-state index contributed by atoms with van der Waals surface area (Å²) in [5.74, 6) is 1.24. The van der Waals surface area contributed by atoms with E-state index in [2.05, 4.69) is 53.1 Å². The predicted molar refractivity (Wildman–Crippen MR) is 153 cm³/mol. The van der Waals surface area contributed by atoms with Crippen LogP contribution in [0.2, 0.25) is 0 Å². The van der Waals surface area contributed by atoms with Gasteiger partial charge in [-0.15, -0.1) is 0 Å². The maximum atomic E-state index is 14.1. The summed E-state index contributed by atoms with van der Waals surface area (Å²) in [6.07, 6.45) is 0.646. The Balaban J connectivity index is 1.61. The standard InChI is InChI=1S/C32H30N2O5/c1-19-17-25(34-23-11-7-5-9-21(23)22-10-6-8-12-24(22)34)30-28(38-3)15-16-29(39-4)31(30)33(19)32(36)20-13-14-27(37-2)26(35)18-20/h5-16,18-19,25,35H,17H2,1-4H3. The summed E-state index contributed by atoms with van der Waals surface area (Å²) in [6, 6.07) is 24.9. The number of fused-ring (bicyclic) bond motifs is 4. The number of hydrogen-bond donors (Lipinski definition) is 1. The van der Waals surface area contributed by atoms with Crippen LogP contribution in [0.15, 0.2) is 78.9 Å². The van der Waals surface area contributed by atoms with Gasteiger partial charge in [-0.3, -0.25) is 4.79 Å². The molecule has 0 radical (unpaired) electrons. The summed E-state index contributed by atoms with van der Waals surface area (Å²) in [5.41, 5.74) is 4.14. The van der Waals surface area contributed by atoms with Crippen molar-refractivity contribution in [2.75, 3.05) is 26.2 Å². The van der Waals surface area contributed by atoms with Gasteiger partial charge in [-0.1, -0.05) is 36.4 Å². The van der Waals surface area contributed by atoms with Gasteiger partial charge in [0.25, 0.3) is 5.91 Å². The monoisotopic (exact) mass is 522 g/mol. The summed E-state index contributed by atoms with van der Waals surface area (Å²) in [4.78, 5) is 15.8. The van der Waals surface area contributed by atoms with Crippen LogP contribution < -0.4 is 19.1 Å². The van der Waals surface area contributed by atoms with E-state index in [1.54, 1.807) is 31.3 Å². The molecule has 1 aliphatic heterocycles. The lowest BCUT2D eigenvalue weighted by atomic mass is 9.89. The number of carbonyl (C=O) groups is 1. The molecule has 1 N–H and O–H groups in total. The summed E-state index contributed by atoms with van der Waals surface area (Å²) in [6.45, 7) is 2.05. The number of anilines is 1. The Hall–Kier alpha value is -4.65. The van der Waals surface area contributed by atoms with Crippen molar-refractivity contribution in [1.29, 1.82) is 0 Å². The van der Waals surface area contributed by atoms with Crippen molar-refractivity contribution in [3.8, 4) is 23.0 Å². The number of para-hydroxylation sites is 2. The normalized spacial score (nSPS) is 16.8. The zero-order valence-electron chi connectivity index (χ0n) is 22.3. The van der Waals surface area contributed by atoms with Crippen LogP contribution in [0.5, 0.6) is 23.0 Å². The Kier molecular flexibility index (Phi) is 6.06. The first-order valence-electron chi connectivity index (χ1n) is 12.9. The number of benzene rings is 4. The highest BCUT2D eigenvalue weighted by atomic mass is 16.5. The van der Waals surface area contributed by atoms with Crippen LogP contribution in [-0.2, 0) is 0 Å². The smallest absolute Gasteiger partial charge is 0.258 e. The van der Waals surface area contributed by atoms with Gasteiger partial charge in [-0.25, -0.2) is 0 Å². The number of rotatable bonds is 5. The van der Waals surface area contributed by atoms with Gasteiger partial charge in [0.15, 0.2) is 11.5 Å². The van der Waals surface area contributed by atoms with Crippen molar-refractivity contribution >= 4 is 33.4 Å². The molecule has 2 atom stereocenters. The number of aromatic nitrogens is 1. The number of ether oxygens (including phenoxy) is 3. The Labute approximate surface area is 226 Å². The number of phenolic OH excluding ortho intramolecular Hbond substituents is 1. The zero-order valence-corrected chi connectivity index (χ0v) is 22.3. The van der Waals surface area contributed by atoms with Crippen molar-refractivity contribution in [2.24, 2.45) is 0 Å². The Morgan fingerprint density at radius 1 is 0.795 bits per heavy atom. The molecule has 0 fully saturated rings. The average Bonchev–Trinajstić information content (AvgIpc) is 3.30. The summed E-state index contributed by atoms with van der Waals surface area (Å²) < 4.78 is 19.3. The van der Waals surface area contributed by atoms with E-state index in [0.717, 1.165) is 16.6 Å². The average molecular weight is 523 g/mol. The van der Waals surface area contributed by atoms with E-state index in [1.807, 2.05) is 19.1 Å². The molecule has 39 heavy (non-hydrogen) atoms. The third-order valence-corrected chi connectivity index (χ3v) is 7.73. The number of phenols is 1. The van der Waals surface area contributed by atoms with Crippen molar-refractivity contribution in [3.63, 3.8) is 0 Å². The fourth-order valence-corrected chi connectivity index (χ4v) is 6.04. The third-order valence-electron chi connectivity index (χ3n) is 7.73. The lowest BCUT2D eigenvalue weighted by Crippen LogP contribution is -2.44. The van der Waals surface area contributed by atoms with E-state index < -0.39 is 0 Å². The molecule has 0 saturated carbocycles. The van der Waals surface area contributed by atoms with E-state index in [9.17, 15) is 9.90 Å². The van der Waals surface area contributed by atoms with Crippen LogP contribution in [0.3, 0.4) is 0 Å². The van der Waals surface area contributed by atoms with Crippen LogP contribution in [-0.4, -0.2) is 43.0 Å². The minimum absolute atomic E-state index is 0.0889. The molecule has 7 nitrogen and oxygen atoms in total. The van der Waals surface area contributed by atoms with Gasteiger partial charge in [-0.2, -0.15) is 0 Å². The molecule has 0 saturated heterocycles.